The van der Waals surface area contributed by atoms with Crippen molar-refractivity contribution in [3.05, 3.63) is 10.8 Å². The van der Waals surface area contributed by atoms with Crippen molar-refractivity contribution in [1.29, 1.82) is 0 Å². The average molecular weight is 198 g/mol. The van der Waals surface area contributed by atoms with Crippen molar-refractivity contribution in [2.75, 3.05) is 6.61 Å². The summed E-state index contributed by atoms with van der Waals surface area (Å²) in [5, 5.41) is 1.31. The summed E-state index contributed by atoms with van der Waals surface area (Å²) in [6.07, 6.45) is 4.32. The van der Waals surface area contributed by atoms with Crippen LogP contribution in [0, 0.1) is 0 Å². The lowest BCUT2D eigenvalue weighted by Gasteiger charge is -2.24. The summed E-state index contributed by atoms with van der Waals surface area (Å²) in [6, 6.07) is 0. The summed E-state index contributed by atoms with van der Waals surface area (Å²) in [5.41, 5.74) is 0.901. The first-order valence-electron chi connectivity index (χ1n) is 4.87. The van der Waals surface area contributed by atoms with Crippen molar-refractivity contribution in [3.63, 3.8) is 0 Å². The molecule has 0 spiro atoms. The number of carbonyl (C=O) groups excluding carboxylic acids is 1. The third kappa shape index (κ3) is 2.51. The fraction of sp³-hybridized carbons (Fsp3) is 0.700. The highest BCUT2D eigenvalue weighted by Crippen LogP contribution is 2.27. The van der Waals surface area contributed by atoms with Gasteiger partial charge in [-0.3, -0.25) is 4.79 Å². The van der Waals surface area contributed by atoms with Crippen LogP contribution < -0.4 is 0 Å². The minimum atomic E-state index is -1.71. The first kappa shape index (κ1) is 10.7. The number of carbonyl (C=O) groups is 1. The molecular weight excluding hydrogens is 180 g/mol. The van der Waals surface area contributed by atoms with Gasteiger partial charge in [0.1, 0.15) is 6.29 Å². The van der Waals surface area contributed by atoms with E-state index in [1.165, 1.54) is 5.20 Å². The van der Waals surface area contributed by atoms with Crippen LogP contribution in [0.4, 0.5) is 0 Å². The summed E-state index contributed by atoms with van der Waals surface area (Å²) in [7, 11) is -1.71. The van der Waals surface area contributed by atoms with Crippen LogP contribution in [0.5, 0.6) is 0 Å². The lowest BCUT2D eigenvalue weighted by Crippen LogP contribution is -2.33. The molecule has 0 unspecified atom stereocenters. The predicted octanol–water partition coefficient (Wildman–Crippen LogP) is 2.45. The van der Waals surface area contributed by atoms with Gasteiger partial charge < -0.3 is 4.43 Å². The Balaban J connectivity index is 2.96. The summed E-state index contributed by atoms with van der Waals surface area (Å²) in [4.78, 5) is 10.7. The third-order valence-corrected chi connectivity index (χ3v) is 5.69. The molecule has 0 aromatic heterocycles. The molecule has 1 aliphatic rings. The topological polar surface area (TPSA) is 26.3 Å². The second kappa shape index (κ2) is 4.20. The van der Waals surface area contributed by atoms with Crippen molar-refractivity contribution in [3.8, 4) is 0 Å². The van der Waals surface area contributed by atoms with E-state index in [0.717, 1.165) is 37.7 Å². The Morgan fingerprint density at radius 3 is 2.77 bits per heavy atom. The maximum atomic E-state index is 10.7. The Morgan fingerprint density at radius 2 is 2.15 bits per heavy atom. The highest BCUT2D eigenvalue weighted by Gasteiger charge is 2.30. The number of hydrogen-bond donors (Lipinski definition) is 0. The second-order valence-corrected chi connectivity index (χ2v) is 8.01. The van der Waals surface area contributed by atoms with E-state index in [1.54, 1.807) is 0 Å². The molecule has 1 saturated heterocycles. The molecule has 3 heteroatoms. The van der Waals surface area contributed by atoms with E-state index in [1.807, 2.05) is 6.92 Å². The van der Waals surface area contributed by atoms with Crippen LogP contribution in [0.15, 0.2) is 10.8 Å². The van der Waals surface area contributed by atoms with Gasteiger partial charge in [0, 0.05) is 6.61 Å². The monoisotopic (exact) mass is 198 g/mol. The Kier molecular flexibility index (Phi) is 3.45. The summed E-state index contributed by atoms with van der Waals surface area (Å²) >= 11 is 0. The Morgan fingerprint density at radius 1 is 1.46 bits per heavy atom. The molecule has 0 N–H and O–H groups in total. The number of allylic oxidation sites excluding steroid dienone is 2. The first-order valence-corrected chi connectivity index (χ1v) is 7.78. The SMILES string of the molecule is C/C(C=O)=C1/CCCCO[Si]1(C)C. The van der Waals surface area contributed by atoms with Crippen LogP contribution in [0.25, 0.3) is 0 Å². The molecule has 1 aliphatic heterocycles. The standard InChI is InChI=1S/C10H18O2Si/c1-9(8-11)10-6-4-5-7-12-13(10,2)3/h8H,4-7H2,1-3H3/b10-9+. The van der Waals surface area contributed by atoms with Gasteiger partial charge in [-0.2, -0.15) is 0 Å². The van der Waals surface area contributed by atoms with Crippen molar-refractivity contribution in [1.82, 2.24) is 0 Å². The summed E-state index contributed by atoms with van der Waals surface area (Å²) < 4.78 is 5.85. The molecule has 1 rings (SSSR count). The van der Waals surface area contributed by atoms with Crippen LogP contribution in [0.3, 0.4) is 0 Å². The highest BCUT2D eigenvalue weighted by atomic mass is 28.4. The van der Waals surface area contributed by atoms with Gasteiger partial charge in [-0.25, -0.2) is 0 Å². The first-order chi connectivity index (χ1) is 6.08. The molecule has 0 aromatic carbocycles. The fourth-order valence-electron chi connectivity index (χ4n) is 1.86. The third-order valence-electron chi connectivity index (χ3n) is 2.66. The predicted molar refractivity (Wildman–Crippen MR) is 56.0 cm³/mol. The van der Waals surface area contributed by atoms with Gasteiger partial charge in [0.2, 0.25) is 8.32 Å². The molecule has 0 aliphatic carbocycles. The summed E-state index contributed by atoms with van der Waals surface area (Å²) in [5.74, 6) is 0. The summed E-state index contributed by atoms with van der Waals surface area (Å²) in [6.45, 7) is 7.14. The molecule has 0 bridgehead atoms. The van der Waals surface area contributed by atoms with Gasteiger partial charge in [0.25, 0.3) is 0 Å². The fourth-order valence-corrected chi connectivity index (χ4v) is 4.48. The van der Waals surface area contributed by atoms with Gasteiger partial charge in [0.15, 0.2) is 0 Å². The zero-order valence-corrected chi connectivity index (χ0v) is 9.72. The average Bonchev–Trinajstić information content (AvgIpc) is 2.25. The zero-order chi connectivity index (χ0) is 9.90. The van der Waals surface area contributed by atoms with E-state index in [-0.39, 0.29) is 0 Å². The molecule has 74 valence electrons. The minimum Gasteiger partial charge on any atom is -0.413 e. The van der Waals surface area contributed by atoms with Crippen molar-refractivity contribution in [2.24, 2.45) is 0 Å². The lowest BCUT2D eigenvalue weighted by molar-refractivity contribution is -0.104. The Hall–Kier alpha value is -0.413. The second-order valence-electron chi connectivity index (χ2n) is 4.10. The number of rotatable bonds is 1. The molecule has 0 amide bonds. The molecule has 0 saturated carbocycles. The van der Waals surface area contributed by atoms with Crippen LogP contribution in [0.1, 0.15) is 26.2 Å². The Bertz CT molecular complexity index is 231. The quantitative estimate of drug-likeness (QED) is 0.367. The van der Waals surface area contributed by atoms with E-state index >= 15 is 0 Å². The molecule has 1 fully saturated rings. The van der Waals surface area contributed by atoms with Crippen LogP contribution >= 0.6 is 0 Å². The molecule has 0 atom stereocenters. The van der Waals surface area contributed by atoms with Crippen molar-refractivity contribution < 1.29 is 9.22 Å². The van der Waals surface area contributed by atoms with E-state index in [4.69, 9.17) is 4.43 Å². The largest absolute Gasteiger partial charge is 0.413 e. The van der Waals surface area contributed by atoms with Crippen LogP contribution in [0.2, 0.25) is 13.1 Å². The molecular formula is C10H18O2Si. The van der Waals surface area contributed by atoms with Crippen LogP contribution in [-0.2, 0) is 9.22 Å². The van der Waals surface area contributed by atoms with Gasteiger partial charge in [-0.15, -0.1) is 0 Å². The van der Waals surface area contributed by atoms with E-state index in [9.17, 15) is 4.79 Å². The smallest absolute Gasteiger partial charge is 0.214 e. The van der Waals surface area contributed by atoms with Gasteiger partial charge >= 0.3 is 0 Å². The van der Waals surface area contributed by atoms with Gasteiger partial charge in [-0.1, -0.05) is 0 Å². The maximum Gasteiger partial charge on any atom is 0.214 e. The number of hydrogen-bond acceptors (Lipinski definition) is 2. The molecule has 1 heterocycles. The van der Waals surface area contributed by atoms with Crippen molar-refractivity contribution >= 4 is 14.6 Å². The zero-order valence-electron chi connectivity index (χ0n) is 8.72. The van der Waals surface area contributed by atoms with E-state index in [0.29, 0.717) is 0 Å². The normalized spacial score (nSPS) is 26.4. The van der Waals surface area contributed by atoms with E-state index in [2.05, 4.69) is 13.1 Å². The van der Waals surface area contributed by atoms with Crippen molar-refractivity contribution in [2.45, 2.75) is 39.3 Å². The lowest BCUT2D eigenvalue weighted by atomic mass is 10.2. The molecule has 13 heavy (non-hydrogen) atoms. The van der Waals surface area contributed by atoms with Gasteiger partial charge in [-0.05, 0) is 50.0 Å². The molecule has 0 aromatic rings. The Labute approximate surface area is 81.1 Å². The minimum absolute atomic E-state index is 0.870. The van der Waals surface area contributed by atoms with Gasteiger partial charge in [0.05, 0.1) is 0 Å². The molecule has 0 radical (unpaired) electrons. The highest BCUT2D eigenvalue weighted by molar-refractivity contribution is 6.78. The van der Waals surface area contributed by atoms with Crippen LogP contribution in [-0.4, -0.2) is 21.2 Å². The maximum absolute atomic E-state index is 10.7. The number of aldehydes is 1. The van der Waals surface area contributed by atoms with E-state index < -0.39 is 8.32 Å². The molecule has 2 nitrogen and oxygen atoms in total.